The number of carboxylic acid groups (broad SMARTS) is 1. The number of aliphatic hydroxyl groups is 1. The van der Waals surface area contributed by atoms with Crippen molar-refractivity contribution in [2.45, 2.75) is 18.9 Å². The fourth-order valence-corrected chi connectivity index (χ4v) is 5.29. The molecule has 218 valence electrons. The van der Waals surface area contributed by atoms with E-state index in [9.17, 15) is 24.6 Å². The number of para-hydroxylation sites is 1. The van der Waals surface area contributed by atoms with Gasteiger partial charge in [-0.15, -0.1) is 0 Å². The minimum Gasteiger partial charge on any atom is -0.481 e. The van der Waals surface area contributed by atoms with Crippen molar-refractivity contribution in [2.75, 3.05) is 19.7 Å². The van der Waals surface area contributed by atoms with Crippen molar-refractivity contribution < 1.29 is 24.6 Å². The number of carboxylic acids is 1. The van der Waals surface area contributed by atoms with Gasteiger partial charge in [0.05, 0.1) is 19.1 Å². The summed E-state index contributed by atoms with van der Waals surface area (Å²) in [7, 11) is 0. The van der Waals surface area contributed by atoms with E-state index in [0.717, 1.165) is 22.0 Å². The van der Waals surface area contributed by atoms with E-state index in [4.69, 9.17) is 0 Å². The molecule has 1 atom stereocenters. The molecule has 0 spiro atoms. The van der Waals surface area contributed by atoms with Crippen LogP contribution >= 0.6 is 0 Å². The van der Waals surface area contributed by atoms with E-state index < -0.39 is 12.0 Å². The van der Waals surface area contributed by atoms with Crippen molar-refractivity contribution in [1.82, 2.24) is 15.2 Å². The number of aromatic nitrogens is 1. The number of H-pyrrole nitrogens is 1. The normalized spacial score (nSPS) is 11.7. The van der Waals surface area contributed by atoms with Gasteiger partial charge in [-0.3, -0.25) is 14.4 Å². The highest BCUT2D eigenvalue weighted by Gasteiger charge is 2.24. The number of carbonyl (C=O) groups excluding carboxylic acids is 2. The zero-order valence-electron chi connectivity index (χ0n) is 23.6. The molecule has 43 heavy (non-hydrogen) atoms. The molecular formula is C35H33N3O5. The van der Waals surface area contributed by atoms with E-state index in [1.807, 2.05) is 60.8 Å². The van der Waals surface area contributed by atoms with E-state index in [2.05, 4.69) is 10.3 Å². The highest BCUT2D eigenvalue weighted by molar-refractivity contribution is 6.06. The zero-order valence-corrected chi connectivity index (χ0v) is 23.6. The number of hydrogen-bond donors (Lipinski definition) is 4. The lowest BCUT2D eigenvalue weighted by atomic mass is 9.94. The number of rotatable bonds is 12. The molecule has 8 nitrogen and oxygen atoms in total. The molecule has 1 aromatic heterocycles. The van der Waals surface area contributed by atoms with Crippen molar-refractivity contribution in [2.24, 2.45) is 0 Å². The van der Waals surface area contributed by atoms with Gasteiger partial charge in [0.25, 0.3) is 11.8 Å². The fraction of sp³-hybridized carbons (Fsp3) is 0.171. The molecule has 5 aromatic rings. The third-order valence-electron chi connectivity index (χ3n) is 7.52. The molecule has 0 radical (unpaired) electrons. The Balaban J connectivity index is 1.44. The Bertz CT molecular complexity index is 1730. The van der Waals surface area contributed by atoms with E-state index in [1.165, 1.54) is 0 Å². The van der Waals surface area contributed by atoms with Crippen molar-refractivity contribution in [3.05, 3.63) is 132 Å². The summed E-state index contributed by atoms with van der Waals surface area (Å²) in [5.74, 6) is -1.69. The van der Waals surface area contributed by atoms with Gasteiger partial charge in [0, 0.05) is 41.3 Å². The summed E-state index contributed by atoms with van der Waals surface area (Å²) in [6, 6.07) is 30.6. The lowest BCUT2D eigenvalue weighted by Crippen LogP contribution is -2.35. The maximum atomic E-state index is 14.1. The molecule has 1 heterocycles. The molecule has 8 heteroatoms. The molecule has 2 amide bonds. The van der Waals surface area contributed by atoms with Crippen LogP contribution in [0.5, 0.6) is 0 Å². The van der Waals surface area contributed by atoms with E-state index in [-0.39, 0.29) is 31.4 Å². The van der Waals surface area contributed by atoms with Gasteiger partial charge in [0.1, 0.15) is 0 Å². The summed E-state index contributed by atoms with van der Waals surface area (Å²) in [6.45, 7) is 0.0872. The smallest absolute Gasteiger partial charge is 0.305 e. The first kappa shape index (κ1) is 29.3. The molecule has 0 saturated heterocycles. The average molecular weight is 576 g/mol. The monoisotopic (exact) mass is 575 g/mol. The Kier molecular flexibility index (Phi) is 9.29. The van der Waals surface area contributed by atoms with Crippen LogP contribution in [0.25, 0.3) is 22.0 Å². The van der Waals surface area contributed by atoms with Crippen LogP contribution in [0.15, 0.2) is 109 Å². The van der Waals surface area contributed by atoms with Crippen LogP contribution in [0.1, 0.15) is 44.3 Å². The first-order valence-electron chi connectivity index (χ1n) is 14.2. The first-order valence-corrected chi connectivity index (χ1v) is 14.2. The van der Waals surface area contributed by atoms with Gasteiger partial charge in [0.2, 0.25) is 0 Å². The van der Waals surface area contributed by atoms with Crippen molar-refractivity contribution in [1.29, 1.82) is 0 Å². The number of aliphatic carboxylic acids is 1. The Hall–Kier alpha value is -5.21. The number of aliphatic hydroxyl groups excluding tert-OH is 1. The van der Waals surface area contributed by atoms with Gasteiger partial charge in [-0.25, -0.2) is 0 Å². The number of benzene rings is 4. The Morgan fingerprint density at radius 3 is 2.12 bits per heavy atom. The van der Waals surface area contributed by atoms with Gasteiger partial charge in [0.15, 0.2) is 0 Å². The van der Waals surface area contributed by atoms with Crippen LogP contribution in [0.4, 0.5) is 0 Å². The maximum absolute atomic E-state index is 14.1. The number of nitrogens with one attached hydrogen (secondary N) is 2. The number of nitrogens with zero attached hydrogens (tertiary/aromatic N) is 1. The SMILES string of the molecule is O=C(O)CCN(CCc1c[nH]c2ccccc12)C(=O)c1ccccc1-c1ccccc1C(=O)NC(CO)c1ccccc1. The van der Waals surface area contributed by atoms with Gasteiger partial charge in [-0.1, -0.05) is 84.9 Å². The van der Waals surface area contributed by atoms with Crippen molar-refractivity contribution in [3.63, 3.8) is 0 Å². The average Bonchev–Trinajstić information content (AvgIpc) is 3.46. The fourth-order valence-electron chi connectivity index (χ4n) is 5.29. The summed E-state index contributed by atoms with van der Waals surface area (Å²) in [5.41, 5.74) is 4.65. The minimum atomic E-state index is -0.989. The molecule has 5 rings (SSSR count). The molecule has 4 aromatic carbocycles. The van der Waals surface area contributed by atoms with Crippen LogP contribution in [0.3, 0.4) is 0 Å². The molecular weight excluding hydrogens is 542 g/mol. The van der Waals surface area contributed by atoms with Gasteiger partial charge < -0.3 is 25.4 Å². The predicted octanol–water partition coefficient (Wildman–Crippen LogP) is 5.46. The highest BCUT2D eigenvalue weighted by Crippen LogP contribution is 2.29. The van der Waals surface area contributed by atoms with Gasteiger partial charge >= 0.3 is 5.97 Å². The molecule has 0 saturated carbocycles. The Morgan fingerprint density at radius 2 is 1.40 bits per heavy atom. The number of carbonyl (C=O) groups is 3. The summed E-state index contributed by atoms with van der Waals surface area (Å²) in [5, 5.41) is 23.4. The summed E-state index contributed by atoms with van der Waals surface area (Å²) < 4.78 is 0. The highest BCUT2D eigenvalue weighted by atomic mass is 16.4. The first-order chi connectivity index (χ1) is 21.0. The second kappa shape index (κ2) is 13.6. The molecule has 0 fully saturated rings. The largest absolute Gasteiger partial charge is 0.481 e. The molecule has 0 aliphatic heterocycles. The van der Waals surface area contributed by atoms with Crippen molar-refractivity contribution in [3.8, 4) is 11.1 Å². The zero-order chi connectivity index (χ0) is 30.2. The number of aromatic amines is 1. The predicted molar refractivity (Wildman–Crippen MR) is 166 cm³/mol. The summed E-state index contributed by atoms with van der Waals surface area (Å²) >= 11 is 0. The Labute approximate surface area is 249 Å². The van der Waals surface area contributed by atoms with Crippen molar-refractivity contribution >= 4 is 28.7 Å². The van der Waals surface area contributed by atoms with E-state index in [0.29, 0.717) is 35.2 Å². The van der Waals surface area contributed by atoms with Gasteiger partial charge in [-0.05, 0) is 46.9 Å². The summed E-state index contributed by atoms with van der Waals surface area (Å²) in [4.78, 5) is 43.9. The topological polar surface area (TPSA) is 123 Å². The molecule has 4 N–H and O–H groups in total. The van der Waals surface area contributed by atoms with E-state index in [1.54, 1.807) is 53.4 Å². The van der Waals surface area contributed by atoms with Gasteiger partial charge in [-0.2, -0.15) is 0 Å². The molecule has 0 aliphatic carbocycles. The lowest BCUT2D eigenvalue weighted by molar-refractivity contribution is -0.137. The second-order valence-electron chi connectivity index (χ2n) is 10.3. The molecule has 0 bridgehead atoms. The van der Waals surface area contributed by atoms with E-state index >= 15 is 0 Å². The molecule has 1 unspecified atom stereocenters. The van der Waals surface area contributed by atoms with Crippen LogP contribution in [-0.4, -0.2) is 57.6 Å². The second-order valence-corrected chi connectivity index (χ2v) is 10.3. The number of hydrogen-bond acceptors (Lipinski definition) is 4. The van der Waals surface area contributed by atoms with Crippen LogP contribution in [0, 0.1) is 0 Å². The third kappa shape index (κ3) is 6.82. The number of amides is 2. The maximum Gasteiger partial charge on any atom is 0.305 e. The Morgan fingerprint density at radius 1 is 0.767 bits per heavy atom. The minimum absolute atomic E-state index is 0.0439. The van der Waals surface area contributed by atoms with Crippen LogP contribution in [0.2, 0.25) is 0 Å². The van der Waals surface area contributed by atoms with Crippen LogP contribution < -0.4 is 5.32 Å². The summed E-state index contributed by atoms with van der Waals surface area (Å²) in [6.07, 6.45) is 2.27. The molecule has 0 aliphatic rings. The van der Waals surface area contributed by atoms with Crippen LogP contribution in [-0.2, 0) is 11.2 Å². The lowest BCUT2D eigenvalue weighted by Gasteiger charge is -2.24. The quantitative estimate of drug-likeness (QED) is 0.157. The standard InChI is InChI=1S/C35H33N3O5/c39-23-32(24-10-2-1-3-11-24)37-34(42)29-15-6-4-13-27(29)28-14-5-7-16-30(28)35(43)38(21-19-33(40)41)20-18-25-22-36-31-17-9-8-12-26(25)31/h1-17,22,32,36,39H,18-21,23H2,(H,37,42)(H,40,41). The number of fused-ring (bicyclic) bond motifs is 1. The third-order valence-corrected chi connectivity index (χ3v) is 7.52.